The fourth-order valence-electron chi connectivity index (χ4n) is 2.32. The Bertz CT molecular complexity index is 488. The number of Topliss-reactive ketones (excluding diaryl/α,β-unsaturated/α-hetero) is 1. The second-order valence-electron chi connectivity index (χ2n) is 6.28. The first-order chi connectivity index (χ1) is 9.23. The molecule has 0 saturated heterocycles. The molecule has 0 aliphatic heterocycles. The molecule has 1 atom stereocenters. The highest BCUT2D eigenvalue weighted by Gasteiger charge is 2.37. The Morgan fingerprint density at radius 3 is 2.45 bits per heavy atom. The minimum absolute atomic E-state index is 0.0832. The van der Waals surface area contributed by atoms with E-state index in [4.69, 9.17) is 4.43 Å². The Balaban J connectivity index is 3.17. The lowest BCUT2D eigenvalue weighted by Crippen LogP contribution is -2.46. The average molecular weight is 290 g/mol. The monoisotopic (exact) mass is 290 g/mol. The van der Waals surface area contributed by atoms with Crippen LogP contribution in [0.2, 0.25) is 19.6 Å². The fourth-order valence-corrected chi connectivity index (χ4v) is 3.90. The summed E-state index contributed by atoms with van der Waals surface area (Å²) in [7, 11) is -1.79. The third-order valence-electron chi connectivity index (χ3n) is 3.31. The van der Waals surface area contributed by atoms with Crippen molar-refractivity contribution in [3.8, 4) is 0 Å². The van der Waals surface area contributed by atoms with Gasteiger partial charge in [0.2, 0.25) is 0 Å². The number of hydrogen-bond acceptors (Lipinski definition) is 2. The van der Waals surface area contributed by atoms with E-state index < -0.39 is 13.9 Å². The van der Waals surface area contributed by atoms with Crippen LogP contribution in [0, 0.1) is 0 Å². The molecule has 0 amide bonds. The molecule has 0 fully saturated rings. The number of allylic oxidation sites excluding steroid dienone is 1. The second-order valence-corrected chi connectivity index (χ2v) is 10.7. The second kappa shape index (κ2) is 6.51. The van der Waals surface area contributed by atoms with Crippen molar-refractivity contribution in [2.45, 2.75) is 51.9 Å². The van der Waals surface area contributed by atoms with E-state index in [0.717, 1.165) is 11.1 Å². The maximum absolute atomic E-state index is 12.9. The summed E-state index contributed by atoms with van der Waals surface area (Å²) in [5.74, 6) is 0.0832. The highest BCUT2D eigenvalue weighted by Crippen LogP contribution is 2.27. The molecule has 0 saturated carbocycles. The summed E-state index contributed by atoms with van der Waals surface area (Å²) in [6.45, 7) is 14.0. The summed E-state index contributed by atoms with van der Waals surface area (Å²) in [6.07, 6.45) is 3.21. The van der Waals surface area contributed by atoms with Crippen molar-refractivity contribution >= 4 is 14.1 Å². The van der Waals surface area contributed by atoms with Crippen LogP contribution in [0.4, 0.5) is 0 Å². The first-order valence-electron chi connectivity index (χ1n) is 7.17. The lowest BCUT2D eigenvalue weighted by Gasteiger charge is -2.34. The Kier molecular flexibility index (Phi) is 5.48. The molecule has 3 heteroatoms. The molecule has 0 radical (unpaired) electrons. The third-order valence-corrected chi connectivity index (χ3v) is 4.38. The van der Waals surface area contributed by atoms with E-state index in [-0.39, 0.29) is 5.78 Å². The van der Waals surface area contributed by atoms with Gasteiger partial charge in [-0.25, -0.2) is 0 Å². The van der Waals surface area contributed by atoms with Crippen molar-refractivity contribution < 1.29 is 9.22 Å². The van der Waals surface area contributed by atoms with Gasteiger partial charge in [0.1, 0.15) is 5.60 Å². The summed E-state index contributed by atoms with van der Waals surface area (Å²) in [4.78, 5) is 12.9. The van der Waals surface area contributed by atoms with Crippen LogP contribution in [0.1, 0.15) is 36.2 Å². The van der Waals surface area contributed by atoms with E-state index >= 15 is 0 Å². The molecule has 1 rings (SSSR count). The molecule has 1 unspecified atom stereocenters. The average Bonchev–Trinajstić information content (AvgIpc) is 2.37. The first kappa shape index (κ1) is 16.9. The number of ketones is 1. The van der Waals surface area contributed by atoms with Gasteiger partial charge < -0.3 is 4.43 Å². The smallest absolute Gasteiger partial charge is 0.193 e. The van der Waals surface area contributed by atoms with Gasteiger partial charge in [-0.3, -0.25) is 4.79 Å². The zero-order chi connectivity index (χ0) is 15.4. The van der Waals surface area contributed by atoms with Gasteiger partial charge in [0.05, 0.1) is 0 Å². The predicted molar refractivity (Wildman–Crippen MR) is 87.8 cm³/mol. The minimum Gasteiger partial charge on any atom is -0.405 e. The van der Waals surface area contributed by atoms with E-state index in [1.54, 1.807) is 0 Å². The number of carbonyl (C=O) groups excluding carboxylic acids is 1. The number of carbonyl (C=O) groups is 1. The molecule has 0 N–H and O–H groups in total. The zero-order valence-corrected chi connectivity index (χ0v) is 14.3. The molecule has 2 nitrogen and oxygen atoms in total. The largest absolute Gasteiger partial charge is 0.405 e. The quantitative estimate of drug-likeness (QED) is 0.416. The van der Waals surface area contributed by atoms with Crippen LogP contribution in [0.3, 0.4) is 0 Å². The van der Waals surface area contributed by atoms with Crippen LogP contribution >= 0.6 is 0 Å². The molecule has 0 spiro atoms. The Morgan fingerprint density at radius 1 is 1.35 bits per heavy atom. The standard InChI is InChI=1S/C17H26O2Si/c1-7-11-14-12-9-10-13-15(14)16(18)17(3,8-2)19-20(4,5)6/h7,9-10,12-13H,1,8,11H2,2-6H3. The van der Waals surface area contributed by atoms with Crippen molar-refractivity contribution in [3.05, 3.63) is 48.0 Å². The van der Waals surface area contributed by atoms with Gasteiger partial charge in [-0.05, 0) is 45.0 Å². The van der Waals surface area contributed by atoms with Gasteiger partial charge in [-0.15, -0.1) is 6.58 Å². The highest BCUT2D eigenvalue weighted by molar-refractivity contribution is 6.70. The molecular weight excluding hydrogens is 264 g/mol. The summed E-state index contributed by atoms with van der Waals surface area (Å²) in [5.41, 5.74) is 1.04. The van der Waals surface area contributed by atoms with Crippen LogP contribution in [-0.2, 0) is 10.8 Å². The van der Waals surface area contributed by atoms with Crippen molar-refractivity contribution in [2.24, 2.45) is 0 Å². The predicted octanol–water partition coefficient (Wildman–Crippen LogP) is 4.62. The number of rotatable bonds is 7. The molecule has 0 heterocycles. The van der Waals surface area contributed by atoms with Crippen LogP contribution in [0.5, 0.6) is 0 Å². The fraction of sp³-hybridized carbons (Fsp3) is 0.471. The normalized spacial score (nSPS) is 14.7. The summed E-state index contributed by atoms with van der Waals surface area (Å²) in [6, 6.07) is 7.74. The van der Waals surface area contributed by atoms with Crippen molar-refractivity contribution in [2.75, 3.05) is 0 Å². The van der Waals surface area contributed by atoms with Gasteiger partial charge in [-0.2, -0.15) is 0 Å². The SMILES string of the molecule is C=CCc1ccccc1C(=O)C(C)(CC)O[Si](C)(C)C. The van der Waals surface area contributed by atoms with E-state index in [1.165, 1.54) is 0 Å². The van der Waals surface area contributed by atoms with Crippen molar-refractivity contribution in [3.63, 3.8) is 0 Å². The van der Waals surface area contributed by atoms with E-state index in [9.17, 15) is 4.79 Å². The maximum atomic E-state index is 12.9. The van der Waals surface area contributed by atoms with Gasteiger partial charge in [0.25, 0.3) is 0 Å². The van der Waals surface area contributed by atoms with Crippen LogP contribution in [0.25, 0.3) is 0 Å². The number of benzene rings is 1. The lowest BCUT2D eigenvalue weighted by atomic mass is 9.89. The molecular formula is C17H26O2Si. The topological polar surface area (TPSA) is 26.3 Å². The maximum Gasteiger partial charge on any atom is 0.193 e. The Labute approximate surface area is 124 Å². The van der Waals surface area contributed by atoms with E-state index in [1.807, 2.05) is 44.2 Å². The van der Waals surface area contributed by atoms with Gasteiger partial charge >= 0.3 is 0 Å². The van der Waals surface area contributed by atoms with Gasteiger partial charge in [0.15, 0.2) is 14.1 Å². The molecule has 20 heavy (non-hydrogen) atoms. The van der Waals surface area contributed by atoms with E-state index in [2.05, 4.69) is 26.2 Å². The molecule has 0 aromatic heterocycles. The zero-order valence-electron chi connectivity index (χ0n) is 13.3. The number of hydrogen-bond donors (Lipinski definition) is 0. The highest BCUT2D eigenvalue weighted by atomic mass is 28.4. The van der Waals surface area contributed by atoms with E-state index in [0.29, 0.717) is 12.8 Å². The molecule has 0 aliphatic carbocycles. The molecule has 1 aromatic carbocycles. The van der Waals surface area contributed by atoms with Crippen LogP contribution in [0.15, 0.2) is 36.9 Å². The molecule has 1 aromatic rings. The van der Waals surface area contributed by atoms with Crippen molar-refractivity contribution in [1.29, 1.82) is 0 Å². The molecule has 110 valence electrons. The van der Waals surface area contributed by atoms with Gasteiger partial charge in [0, 0.05) is 5.56 Å². The third kappa shape index (κ3) is 4.15. The molecule has 0 bridgehead atoms. The summed E-state index contributed by atoms with van der Waals surface area (Å²) in [5, 5.41) is 0. The van der Waals surface area contributed by atoms with Crippen LogP contribution < -0.4 is 0 Å². The first-order valence-corrected chi connectivity index (χ1v) is 10.6. The Hall–Kier alpha value is -1.19. The summed E-state index contributed by atoms with van der Waals surface area (Å²) >= 11 is 0. The lowest BCUT2D eigenvalue weighted by molar-refractivity contribution is 0.0472. The minimum atomic E-state index is -1.79. The Morgan fingerprint density at radius 2 is 1.95 bits per heavy atom. The van der Waals surface area contributed by atoms with Gasteiger partial charge in [-0.1, -0.05) is 37.3 Å². The summed E-state index contributed by atoms with van der Waals surface area (Å²) < 4.78 is 6.19. The molecule has 0 aliphatic rings. The van der Waals surface area contributed by atoms with Crippen molar-refractivity contribution in [1.82, 2.24) is 0 Å². The van der Waals surface area contributed by atoms with Crippen LogP contribution in [-0.4, -0.2) is 19.7 Å².